The average Bonchev–Trinajstić information content (AvgIpc) is 3.75. The Morgan fingerprint density at radius 1 is 1.04 bits per heavy atom. The molecule has 0 saturated carbocycles. The first-order chi connectivity index (χ1) is 21.7. The lowest BCUT2D eigenvalue weighted by atomic mass is 10.0. The van der Waals surface area contributed by atoms with Gasteiger partial charge in [-0.05, 0) is 74.3 Å². The minimum Gasteiger partial charge on any atom is -0.364 e. The van der Waals surface area contributed by atoms with Crippen LogP contribution < -0.4 is 15.7 Å². The van der Waals surface area contributed by atoms with E-state index in [9.17, 15) is 18.4 Å². The summed E-state index contributed by atoms with van der Waals surface area (Å²) in [5, 5.41) is 6.59. The van der Waals surface area contributed by atoms with Crippen molar-refractivity contribution in [1.29, 1.82) is 0 Å². The first-order valence-electron chi connectivity index (χ1n) is 14.1. The third kappa shape index (κ3) is 5.01. The molecular weight excluding hydrogens is 617 g/mol. The molecule has 2 amide bonds. The number of rotatable bonds is 6. The van der Waals surface area contributed by atoms with E-state index in [2.05, 4.69) is 10.1 Å². The summed E-state index contributed by atoms with van der Waals surface area (Å²) in [6.45, 7) is 3.73. The quantitative estimate of drug-likeness (QED) is 0.255. The van der Waals surface area contributed by atoms with Gasteiger partial charge in [0.2, 0.25) is 14.9 Å². The number of nitrogens with zero attached hydrogens (tertiary/aromatic N) is 6. The third-order valence-corrected chi connectivity index (χ3v) is 11.9. The molecule has 0 aliphatic carbocycles. The number of benzene rings is 2. The Bertz CT molecular complexity index is 2110. The Kier molecular flexibility index (Phi) is 7.09. The molecule has 0 unspecified atom stereocenters. The number of carbonyl (C=O) groups excluding carboxylic acids is 2. The van der Waals surface area contributed by atoms with Gasteiger partial charge in [0, 0.05) is 34.8 Å². The SMILES string of the molecule is Cc1noc(C)c1-c1ccc2c(c1)nc([Si@@H]1CCCC(=O)N1c1ccc(F)c(F)c1)n2-c1nc(-c2ccc(C(N)=O)nc2)cs1. The van der Waals surface area contributed by atoms with E-state index >= 15 is 0 Å². The lowest BCUT2D eigenvalue weighted by Gasteiger charge is -2.34. The van der Waals surface area contributed by atoms with Crippen LogP contribution in [0.15, 0.2) is 64.6 Å². The van der Waals surface area contributed by atoms with Crippen LogP contribution in [-0.4, -0.2) is 45.4 Å². The lowest BCUT2D eigenvalue weighted by molar-refractivity contribution is -0.117. The largest absolute Gasteiger partial charge is 0.364 e. The van der Waals surface area contributed by atoms with Gasteiger partial charge in [-0.25, -0.2) is 18.7 Å². The number of aromatic nitrogens is 5. The maximum absolute atomic E-state index is 14.4. The number of hydrogen-bond donors (Lipinski definition) is 1. The van der Waals surface area contributed by atoms with Crippen LogP contribution in [0, 0.1) is 25.5 Å². The minimum atomic E-state index is -2.47. The average molecular weight is 642 g/mol. The van der Waals surface area contributed by atoms with E-state index in [0.29, 0.717) is 57.7 Å². The molecule has 2 aromatic carbocycles. The summed E-state index contributed by atoms with van der Waals surface area (Å²) >= 11 is 1.39. The topological polar surface area (TPSA) is 133 Å². The van der Waals surface area contributed by atoms with Gasteiger partial charge in [-0.3, -0.25) is 19.1 Å². The number of nitrogens with two attached hydrogens (primary N) is 1. The second kappa shape index (κ2) is 11.1. The highest BCUT2D eigenvalue weighted by Crippen LogP contribution is 2.33. The van der Waals surface area contributed by atoms with Gasteiger partial charge >= 0.3 is 0 Å². The summed E-state index contributed by atoms with van der Waals surface area (Å²) < 4.78 is 37.3. The first kappa shape index (κ1) is 28.7. The smallest absolute Gasteiger partial charge is 0.267 e. The number of amides is 2. The van der Waals surface area contributed by atoms with Crippen LogP contribution in [0.4, 0.5) is 14.5 Å². The Morgan fingerprint density at radius 2 is 1.87 bits per heavy atom. The molecule has 1 atom stereocenters. The monoisotopic (exact) mass is 641 g/mol. The Morgan fingerprint density at radius 3 is 2.58 bits per heavy atom. The van der Waals surface area contributed by atoms with Crippen molar-refractivity contribution in [3.8, 4) is 27.5 Å². The van der Waals surface area contributed by atoms with Gasteiger partial charge in [-0.2, -0.15) is 0 Å². The molecule has 10 nitrogen and oxygen atoms in total. The second-order valence-corrected chi connectivity index (χ2v) is 14.3. The molecule has 5 heterocycles. The Hall–Kier alpha value is -5.08. The van der Waals surface area contributed by atoms with Crippen molar-refractivity contribution in [2.75, 3.05) is 4.57 Å². The van der Waals surface area contributed by atoms with Crippen molar-refractivity contribution in [2.24, 2.45) is 5.73 Å². The fourth-order valence-corrected chi connectivity index (χ4v) is 9.97. The summed E-state index contributed by atoms with van der Waals surface area (Å²) in [6, 6.07) is 13.4. The van der Waals surface area contributed by atoms with Crippen LogP contribution in [0.5, 0.6) is 0 Å². The molecule has 45 heavy (non-hydrogen) atoms. The fraction of sp³-hybridized carbons (Fsp3) is 0.161. The maximum Gasteiger partial charge on any atom is 0.267 e. The normalized spacial score (nSPS) is 15.2. The van der Waals surface area contributed by atoms with Crippen molar-refractivity contribution in [3.63, 3.8) is 0 Å². The number of carbonyl (C=O) groups is 2. The van der Waals surface area contributed by atoms with E-state index in [4.69, 9.17) is 20.2 Å². The minimum absolute atomic E-state index is 0.150. The van der Waals surface area contributed by atoms with Gasteiger partial charge in [0.05, 0.1) is 22.4 Å². The number of pyridine rings is 1. The highest BCUT2D eigenvalue weighted by atomic mass is 32.1. The number of anilines is 1. The number of primary amides is 1. The lowest BCUT2D eigenvalue weighted by Crippen LogP contribution is -2.57. The summed E-state index contributed by atoms with van der Waals surface area (Å²) in [7, 11) is -2.47. The highest BCUT2D eigenvalue weighted by molar-refractivity contribution is 7.12. The van der Waals surface area contributed by atoms with E-state index in [-0.39, 0.29) is 11.6 Å². The van der Waals surface area contributed by atoms with Crippen molar-refractivity contribution < 1.29 is 22.9 Å². The fourth-order valence-electron chi connectivity index (χ4n) is 5.84. The molecule has 0 radical (unpaired) electrons. The van der Waals surface area contributed by atoms with Crippen LogP contribution in [0.1, 0.15) is 34.8 Å². The van der Waals surface area contributed by atoms with Crippen molar-refractivity contribution in [3.05, 3.63) is 88.9 Å². The molecule has 0 bridgehead atoms. The number of thiazole rings is 1. The van der Waals surface area contributed by atoms with Gasteiger partial charge in [0.25, 0.3) is 5.91 Å². The van der Waals surface area contributed by atoms with Crippen molar-refractivity contribution >= 4 is 54.3 Å². The van der Waals surface area contributed by atoms with Crippen LogP contribution in [0.3, 0.4) is 0 Å². The van der Waals surface area contributed by atoms with Gasteiger partial charge in [0.1, 0.15) is 16.9 Å². The number of imidazole rings is 1. The molecule has 14 heteroatoms. The molecule has 1 saturated heterocycles. The molecule has 1 aliphatic rings. The van der Waals surface area contributed by atoms with Gasteiger partial charge in [-0.15, -0.1) is 11.3 Å². The summed E-state index contributed by atoms with van der Waals surface area (Å²) in [4.78, 5) is 39.1. The number of hydrogen-bond acceptors (Lipinski definition) is 8. The first-order valence-corrected chi connectivity index (χ1v) is 16.9. The summed E-state index contributed by atoms with van der Waals surface area (Å²) in [6.07, 6.45) is 2.50. The number of fused-ring (bicyclic) bond motifs is 1. The van der Waals surface area contributed by atoms with E-state index in [1.807, 2.05) is 42.0 Å². The molecule has 1 aliphatic heterocycles. The third-order valence-electron chi connectivity index (χ3n) is 7.93. The van der Waals surface area contributed by atoms with Crippen molar-refractivity contribution in [1.82, 2.24) is 24.7 Å². The predicted octanol–water partition coefficient (Wildman–Crippen LogP) is 4.95. The van der Waals surface area contributed by atoms with E-state index in [0.717, 1.165) is 34.5 Å². The van der Waals surface area contributed by atoms with E-state index < -0.39 is 26.5 Å². The van der Waals surface area contributed by atoms with Crippen molar-refractivity contribution in [2.45, 2.75) is 32.7 Å². The zero-order valence-electron chi connectivity index (χ0n) is 24.1. The Labute approximate surface area is 260 Å². The number of halogens is 2. The molecule has 6 aromatic rings. The number of aryl methyl sites for hydroxylation is 2. The second-order valence-electron chi connectivity index (χ2n) is 10.8. The maximum atomic E-state index is 14.4. The highest BCUT2D eigenvalue weighted by Gasteiger charge is 2.37. The Balaban J connectivity index is 1.40. The molecule has 7 rings (SSSR count). The van der Waals surface area contributed by atoms with Crippen LogP contribution in [-0.2, 0) is 4.79 Å². The predicted molar refractivity (Wildman–Crippen MR) is 168 cm³/mol. The molecule has 226 valence electrons. The standard InChI is InChI=1S/C31H25F2N7O3SSi/c1-16-28(17(2)43-38-16)18-6-10-26-24(12-18)37-31(45-11-3-4-27(41)40(45)20-7-8-21(32)22(33)13-20)39(26)30-36-25(15-44-30)19-5-9-23(29(34)42)35-14-19/h5-10,12-15,45H,3-4,11H2,1-2H3,(H2,34,42)/t45-/m0/s1. The molecule has 2 N–H and O–H groups in total. The van der Waals surface area contributed by atoms with Crippen LogP contribution in [0.25, 0.3) is 38.5 Å². The summed E-state index contributed by atoms with van der Waals surface area (Å²) in [5.41, 5.74) is 11.8. The molecular formula is C31H25F2N7O3SSi. The zero-order valence-corrected chi connectivity index (χ0v) is 26.1. The van der Waals surface area contributed by atoms with Gasteiger partial charge in [-0.1, -0.05) is 11.2 Å². The van der Waals surface area contributed by atoms with E-state index in [1.165, 1.54) is 17.4 Å². The van der Waals surface area contributed by atoms with Gasteiger partial charge < -0.3 is 14.8 Å². The molecule has 0 spiro atoms. The van der Waals surface area contributed by atoms with Crippen LogP contribution >= 0.6 is 11.3 Å². The summed E-state index contributed by atoms with van der Waals surface area (Å²) in [5.74, 6) is -2.09. The van der Waals surface area contributed by atoms with Gasteiger partial charge in [0.15, 0.2) is 16.8 Å². The molecule has 1 fully saturated rings. The molecule has 4 aromatic heterocycles. The van der Waals surface area contributed by atoms with E-state index in [1.54, 1.807) is 22.9 Å². The zero-order chi connectivity index (χ0) is 31.4. The van der Waals surface area contributed by atoms with Crippen LogP contribution in [0.2, 0.25) is 6.04 Å².